The van der Waals surface area contributed by atoms with Crippen molar-refractivity contribution in [1.29, 1.82) is 0 Å². The third-order valence-electron chi connectivity index (χ3n) is 1.85. The van der Waals surface area contributed by atoms with Gasteiger partial charge in [0.2, 0.25) is 0 Å². The fourth-order valence-electron chi connectivity index (χ4n) is 1.03. The Hall–Kier alpha value is 0.400. The van der Waals surface area contributed by atoms with Crippen molar-refractivity contribution in [2.24, 2.45) is 5.92 Å². The van der Waals surface area contributed by atoms with E-state index in [1.807, 2.05) is 6.92 Å². The minimum Gasteiger partial charge on any atom is -0.349 e. The van der Waals surface area contributed by atoms with E-state index >= 15 is 0 Å². The predicted octanol–water partition coefficient (Wildman–Crippen LogP) is 2.17. The zero-order valence-corrected chi connectivity index (χ0v) is 8.80. The lowest BCUT2D eigenvalue weighted by atomic mass is 10.1. The van der Waals surface area contributed by atoms with Crippen LogP contribution in [0.3, 0.4) is 0 Å². The Bertz CT molecular complexity index is 111. The third-order valence-corrected chi connectivity index (χ3v) is 2.28. The Morgan fingerprint density at radius 1 is 1.36 bits per heavy atom. The number of ether oxygens (including phenoxy) is 2. The number of rotatable bonds is 2. The molecular formula is C8H15BrO2. The highest BCUT2D eigenvalue weighted by molar-refractivity contribution is 9.09. The number of halogens is 1. The molecule has 0 N–H and O–H groups in total. The Morgan fingerprint density at radius 3 is 2.27 bits per heavy atom. The Balaban J connectivity index is 2.35. The van der Waals surface area contributed by atoms with Gasteiger partial charge in [0, 0.05) is 0 Å². The van der Waals surface area contributed by atoms with Crippen LogP contribution in [0, 0.1) is 5.92 Å². The summed E-state index contributed by atoms with van der Waals surface area (Å²) in [6, 6.07) is 0. The highest BCUT2D eigenvalue weighted by Gasteiger charge is 2.30. The van der Waals surface area contributed by atoms with Crippen LogP contribution in [0.5, 0.6) is 0 Å². The van der Waals surface area contributed by atoms with Gasteiger partial charge in [0.1, 0.15) is 0 Å². The first-order valence-corrected chi connectivity index (χ1v) is 4.94. The van der Waals surface area contributed by atoms with Gasteiger partial charge >= 0.3 is 0 Å². The molecular weight excluding hydrogens is 208 g/mol. The zero-order chi connectivity index (χ0) is 8.43. The zero-order valence-electron chi connectivity index (χ0n) is 7.21. The summed E-state index contributed by atoms with van der Waals surface area (Å²) in [5.74, 6) is 0.547. The molecule has 1 saturated heterocycles. The van der Waals surface area contributed by atoms with E-state index in [2.05, 4.69) is 29.8 Å². The normalized spacial score (nSPS) is 34.6. The monoisotopic (exact) mass is 222 g/mol. The van der Waals surface area contributed by atoms with Crippen molar-refractivity contribution in [2.75, 3.05) is 6.61 Å². The first kappa shape index (κ1) is 9.49. The molecule has 0 aliphatic carbocycles. The van der Waals surface area contributed by atoms with Crippen LogP contribution >= 0.6 is 15.9 Å². The Kier molecular flexibility index (Phi) is 3.34. The van der Waals surface area contributed by atoms with E-state index in [9.17, 15) is 0 Å². The quantitative estimate of drug-likeness (QED) is 0.668. The summed E-state index contributed by atoms with van der Waals surface area (Å²) in [5, 5.41) is 0. The molecule has 0 spiro atoms. The first-order chi connectivity index (χ1) is 5.11. The van der Waals surface area contributed by atoms with E-state index in [4.69, 9.17) is 9.47 Å². The van der Waals surface area contributed by atoms with Crippen molar-refractivity contribution >= 4 is 15.9 Å². The number of hydrogen-bond donors (Lipinski definition) is 0. The molecule has 1 heterocycles. The van der Waals surface area contributed by atoms with E-state index in [1.54, 1.807) is 0 Å². The number of alkyl halides is 1. The van der Waals surface area contributed by atoms with Gasteiger partial charge in [-0.2, -0.15) is 0 Å². The van der Waals surface area contributed by atoms with Crippen LogP contribution in [0.25, 0.3) is 0 Å². The van der Waals surface area contributed by atoms with Gasteiger partial charge < -0.3 is 9.47 Å². The minimum absolute atomic E-state index is 0.0533. The summed E-state index contributed by atoms with van der Waals surface area (Å²) in [5.41, 5.74) is 0. The second-order valence-corrected chi connectivity index (χ2v) is 4.74. The molecule has 0 saturated carbocycles. The Morgan fingerprint density at radius 2 is 2.00 bits per heavy atom. The molecule has 66 valence electrons. The van der Waals surface area contributed by atoms with Crippen molar-refractivity contribution in [3.63, 3.8) is 0 Å². The maximum atomic E-state index is 5.62. The van der Waals surface area contributed by atoms with Gasteiger partial charge in [0.25, 0.3) is 0 Å². The summed E-state index contributed by atoms with van der Waals surface area (Å²) in [6.07, 6.45) is 0.224. The van der Waals surface area contributed by atoms with Gasteiger partial charge in [-0.3, -0.25) is 0 Å². The average Bonchev–Trinajstić information content (AvgIpc) is 2.33. The molecule has 2 nitrogen and oxygen atoms in total. The van der Waals surface area contributed by atoms with Crippen LogP contribution in [0.1, 0.15) is 20.8 Å². The van der Waals surface area contributed by atoms with Crippen LogP contribution in [0.2, 0.25) is 0 Å². The summed E-state index contributed by atoms with van der Waals surface area (Å²) < 4.78 is 11.0. The van der Waals surface area contributed by atoms with Gasteiger partial charge in [0.05, 0.1) is 17.5 Å². The fraction of sp³-hybridized carbons (Fsp3) is 1.00. The summed E-state index contributed by atoms with van der Waals surface area (Å²) in [7, 11) is 0. The molecule has 3 heteroatoms. The lowest BCUT2D eigenvalue weighted by Gasteiger charge is -2.15. The van der Waals surface area contributed by atoms with Gasteiger partial charge in [-0.25, -0.2) is 0 Å². The summed E-state index contributed by atoms with van der Waals surface area (Å²) in [6.45, 7) is 7.07. The van der Waals surface area contributed by atoms with E-state index in [0.717, 1.165) is 6.61 Å². The molecule has 11 heavy (non-hydrogen) atoms. The molecule has 0 radical (unpaired) electrons. The van der Waals surface area contributed by atoms with Crippen LogP contribution in [-0.4, -0.2) is 23.8 Å². The molecule has 0 aromatic rings. The minimum atomic E-state index is -0.0533. The predicted molar refractivity (Wildman–Crippen MR) is 47.8 cm³/mol. The first-order valence-electron chi connectivity index (χ1n) is 4.02. The van der Waals surface area contributed by atoms with Crippen molar-refractivity contribution < 1.29 is 9.47 Å². The highest BCUT2D eigenvalue weighted by atomic mass is 79.9. The summed E-state index contributed by atoms with van der Waals surface area (Å²) in [4.78, 5) is 0.284. The lowest BCUT2D eigenvalue weighted by Crippen LogP contribution is -2.22. The molecule has 1 aliphatic rings. The second-order valence-electron chi connectivity index (χ2n) is 3.30. The molecule has 0 aromatic carbocycles. The molecule has 0 bridgehead atoms. The fourth-order valence-corrected chi connectivity index (χ4v) is 1.31. The topological polar surface area (TPSA) is 18.5 Å². The molecule has 3 atom stereocenters. The molecule has 1 rings (SSSR count). The van der Waals surface area contributed by atoms with Gasteiger partial charge in [-0.1, -0.05) is 29.8 Å². The standard InChI is InChI=1S/C8H15BrO2/c1-5(2)7-4-10-8(11-7)6(3)9/h5-8H,4H2,1-3H3. The Labute approximate surface area is 76.4 Å². The largest absolute Gasteiger partial charge is 0.349 e. The third kappa shape index (κ3) is 2.42. The number of hydrogen-bond acceptors (Lipinski definition) is 2. The summed E-state index contributed by atoms with van der Waals surface area (Å²) >= 11 is 3.43. The lowest BCUT2D eigenvalue weighted by molar-refractivity contribution is -0.0601. The molecule has 0 amide bonds. The van der Waals surface area contributed by atoms with Crippen molar-refractivity contribution in [3.8, 4) is 0 Å². The molecule has 1 aliphatic heterocycles. The molecule has 0 aromatic heterocycles. The van der Waals surface area contributed by atoms with Gasteiger partial charge in [0.15, 0.2) is 6.29 Å². The van der Waals surface area contributed by atoms with Crippen LogP contribution < -0.4 is 0 Å². The highest BCUT2D eigenvalue weighted by Crippen LogP contribution is 2.23. The SMILES string of the molecule is CC(C)C1COC(C(C)Br)O1. The average molecular weight is 223 g/mol. The van der Waals surface area contributed by atoms with Gasteiger partial charge in [-0.15, -0.1) is 0 Å². The molecule has 3 unspecified atom stereocenters. The second kappa shape index (κ2) is 3.87. The van der Waals surface area contributed by atoms with Crippen molar-refractivity contribution in [1.82, 2.24) is 0 Å². The van der Waals surface area contributed by atoms with Crippen LogP contribution in [0.15, 0.2) is 0 Å². The van der Waals surface area contributed by atoms with Gasteiger partial charge in [-0.05, 0) is 12.8 Å². The van der Waals surface area contributed by atoms with E-state index < -0.39 is 0 Å². The van der Waals surface area contributed by atoms with Crippen LogP contribution in [0.4, 0.5) is 0 Å². The van der Waals surface area contributed by atoms with E-state index in [1.165, 1.54) is 0 Å². The van der Waals surface area contributed by atoms with Crippen LogP contribution in [-0.2, 0) is 9.47 Å². The van der Waals surface area contributed by atoms with E-state index in [-0.39, 0.29) is 17.2 Å². The maximum Gasteiger partial charge on any atom is 0.170 e. The smallest absolute Gasteiger partial charge is 0.170 e. The van der Waals surface area contributed by atoms with E-state index in [0.29, 0.717) is 5.92 Å². The van der Waals surface area contributed by atoms with Crippen molar-refractivity contribution in [3.05, 3.63) is 0 Å². The van der Waals surface area contributed by atoms with Crippen molar-refractivity contribution in [2.45, 2.75) is 38.0 Å². The molecule has 1 fully saturated rings. The maximum absolute atomic E-state index is 5.62.